The molecule has 1 aliphatic rings. The second kappa shape index (κ2) is 7.69. The van der Waals surface area contributed by atoms with Crippen molar-refractivity contribution < 1.29 is 13.2 Å². The number of benzene rings is 3. The smallest absolute Gasteiger partial charge is 0.261 e. The number of thioether (sulfide) groups is 1. The van der Waals surface area contributed by atoms with Gasteiger partial charge in [-0.05, 0) is 42.0 Å². The summed E-state index contributed by atoms with van der Waals surface area (Å²) in [5.41, 5.74) is 2.28. The molecule has 4 rings (SSSR count). The third-order valence-electron chi connectivity index (χ3n) is 4.40. The standard InChI is InChI=1S/C21H18N2O3S2/c24-20-15-27-21(23(20)18-7-3-1-4-8-18)16-11-13-17(14-12-16)22-28(25,26)19-9-5-2-6-10-19/h1-14,21-22H,15H2. The molecule has 1 aliphatic heterocycles. The van der Waals surface area contributed by atoms with Gasteiger partial charge in [-0.25, -0.2) is 8.42 Å². The van der Waals surface area contributed by atoms with Gasteiger partial charge in [0.25, 0.3) is 10.0 Å². The average Bonchev–Trinajstić information content (AvgIpc) is 3.11. The van der Waals surface area contributed by atoms with Crippen LogP contribution in [-0.4, -0.2) is 20.1 Å². The molecule has 3 aromatic carbocycles. The van der Waals surface area contributed by atoms with Crippen LogP contribution >= 0.6 is 11.8 Å². The topological polar surface area (TPSA) is 66.5 Å². The molecule has 1 heterocycles. The number of sulfonamides is 1. The number of carbonyl (C=O) groups excluding carboxylic acids is 1. The van der Waals surface area contributed by atoms with Crippen LogP contribution in [0.3, 0.4) is 0 Å². The molecule has 3 aromatic rings. The predicted molar refractivity (Wildman–Crippen MR) is 113 cm³/mol. The SMILES string of the molecule is O=C1CSC(c2ccc(NS(=O)(=O)c3ccccc3)cc2)N1c1ccccc1. The van der Waals surface area contributed by atoms with E-state index in [2.05, 4.69) is 4.72 Å². The van der Waals surface area contributed by atoms with E-state index in [4.69, 9.17) is 0 Å². The molecule has 0 aromatic heterocycles. The lowest BCUT2D eigenvalue weighted by Gasteiger charge is -2.24. The van der Waals surface area contributed by atoms with Crippen molar-refractivity contribution in [1.82, 2.24) is 0 Å². The molecule has 0 aliphatic carbocycles. The zero-order valence-corrected chi connectivity index (χ0v) is 16.5. The Kier molecular flexibility index (Phi) is 5.11. The zero-order valence-electron chi connectivity index (χ0n) is 14.9. The lowest BCUT2D eigenvalue weighted by Crippen LogP contribution is -2.27. The minimum absolute atomic E-state index is 0.0649. The summed E-state index contributed by atoms with van der Waals surface area (Å²) >= 11 is 1.56. The van der Waals surface area contributed by atoms with Gasteiger partial charge in [-0.2, -0.15) is 0 Å². The minimum Gasteiger partial charge on any atom is -0.295 e. The molecule has 28 heavy (non-hydrogen) atoms. The van der Waals surface area contributed by atoms with Gasteiger partial charge >= 0.3 is 0 Å². The van der Waals surface area contributed by atoms with Gasteiger partial charge in [0, 0.05) is 11.4 Å². The lowest BCUT2D eigenvalue weighted by molar-refractivity contribution is -0.115. The first-order chi connectivity index (χ1) is 13.5. The lowest BCUT2D eigenvalue weighted by atomic mass is 10.1. The summed E-state index contributed by atoms with van der Waals surface area (Å²) in [5, 5.41) is -0.130. The number of carbonyl (C=O) groups is 1. The van der Waals surface area contributed by atoms with Gasteiger partial charge < -0.3 is 0 Å². The number of para-hydroxylation sites is 1. The Balaban J connectivity index is 1.56. The predicted octanol–water partition coefficient (Wildman–Crippen LogP) is 4.27. The maximum Gasteiger partial charge on any atom is 0.261 e. The Bertz CT molecular complexity index is 1070. The highest BCUT2D eigenvalue weighted by Crippen LogP contribution is 2.41. The molecule has 1 atom stereocenters. The molecule has 0 radical (unpaired) electrons. The fourth-order valence-electron chi connectivity index (χ4n) is 3.07. The van der Waals surface area contributed by atoms with Crippen LogP contribution in [-0.2, 0) is 14.8 Å². The van der Waals surface area contributed by atoms with Gasteiger partial charge in [-0.1, -0.05) is 48.5 Å². The molecule has 0 bridgehead atoms. The van der Waals surface area contributed by atoms with E-state index in [0.717, 1.165) is 11.3 Å². The van der Waals surface area contributed by atoms with Crippen molar-refractivity contribution in [3.63, 3.8) is 0 Å². The highest BCUT2D eigenvalue weighted by Gasteiger charge is 2.33. The number of nitrogens with one attached hydrogen (secondary N) is 1. The highest BCUT2D eigenvalue weighted by atomic mass is 32.2. The number of hydrogen-bond acceptors (Lipinski definition) is 4. The van der Waals surface area contributed by atoms with Gasteiger partial charge in [0.15, 0.2) is 0 Å². The number of anilines is 2. The van der Waals surface area contributed by atoms with Gasteiger partial charge in [-0.15, -0.1) is 11.8 Å². The van der Waals surface area contributed by atoms with E-state index in [-0.39, 0.29) is 16.2 Å². The second-order valence-corrected chi connectivity index (χ2v) is 9.05. The van der Waals surface area contributed by atoms with Gasteiger partial charge in [0.1, 0.15) is 5.37 Å². The summed E-state index contributed by atoms with van der Waals surface area (Å²) < 4.78 is 27.5. The van der Waals surface area contributed by atoms with Crippen molar-refractivity contribution in [2.45, 2.75) is 10.3 Å². The molecule has 1 amide bonds. The first-order valence-corrected chi connectivity index (χ1v) is 11.2. The molecule has 1 unspecified atom stereocenters. The molecule has 0 saturated carbocycles. The molecule has 142 valence electrons. The Morgan fingerprint density at radius 2 is 1.46 bits per heavy atom. The summed E-state index contributed by atoms with van der Waals surface area (Å²) in [5.74, 6) is 0.483. The van der Waals surface area contributed by atoms with E-state index < -0.39 is 10.0 Å². The van der Waals surface area contributed by atoms with Crippen molar-refractivity contribution in [2.75, 3.05) is 15.4 Å². The average molecular weight is 411 g/mol. The maximum atomic E-state index is 12.5. The molecule has 1 N–H and O–H groups in total. The first-order valence-electron chi connectivity index (χ1n) is 8.71. The normalized spacial score (nSPS) is 16.9. The second-order valence-electron chi connectivity index (χ2n) is 6.30. The van der Waals surface area contributed by atoms with Crippen LogP contribution in [0.1, 0.15) is 10.9 Å². The van der Waals surface area contributed by atoms with Crippen LogP contribution in [0, 0.1) is 0 Å². The Morgan fingerprint density at radius 1 is 0.857 bits per heavy atom. The Morgan fingerprint density at radius 3 is 2.11 bits per heavy atom. The number of nitrogens with zero attached hydrogens (tertiary/aromatic N) is 1. The van der Waals surface area contributed by atoms with Crippen LogP contribution < -0.4 is 9.62 Å². The summed E-state index contributed by atoms with van der Waals surface area (Å²) in [7, 11) is -3.63. The largest absolute Gasteiger partial charge is 0.295 e. The van der Waals surface area contributed by atoms with Crippen molar-refractivity contribution in [2.24, 2.45) is 0 Å². The molecule has 7 heteroatoms. The quantitative estimate of drug-likeness (QED) is 0.682. The number of amides is 1. The molecule has 5 nitrogen and oxygen atoms in total. The van der Waals surface area contributed by atoms with E-state index in [0.29, 0.717) is 11.4 Å². The summed E-state index contributed by atoms with van der Waals surface area (Å²) in [6.07, 6.45) is 0. The Hall–Kier alpha value is -2.77. The third-order valence-corrected chi connectivity index (χ3v) is 7.01. The van der Waals surface area contributed by atoms with Crippen LogP contribution in [0.25, 0.3) is 0 Å². The van der Waals surface area contributed by atoms with Crippen molar-refractivity contribution in [1.29, 1.82) is 0 Å². The summed E-state index contributed by atoms with van der Waals surface area (Å²) in [6, 6.07) is 25.0. The van der Waals surface area contributed by atoms with E-state index in [9.17, 15) is 13.2 Å². The van der Waals surface area contributed by atoms with E-state index >= 15 is 0 Å². The molecular weight excluding hydrogens is 392 g/mol. The van der Waals surface area contributed by atoms with Gasteiger partial charge in [-0.3, -0.25) is 14.4 Å². The first kappa shape index (κ1) is 18.6. The van der Waals surface area contributed by atoms with Crippen molar-refractivity contribution >= 4 is 39.1 Å². The summed E-state index contributed by atoms with van der Waals surface area (Å²) in [6.45, 7) is 0. The minimum atomic E-state index is -3.63. The monoisotopic (exact) mass is 410 g/mol. The number of rotatable bonds is 5. The van der Waals surface area contributed by atoms with E-state index in [1.807, 2.05) is 42.5 Å². The van der Waals surface area contributed by atoms with Gasteiger partial charge in [0.2, 0.25) is 5.91 Å². The molecule has 0 spiro atoms. The highest BCUT2D eigenvalue weighted by molar-refractivity contribution is 8.00. The van der Waals surface area contributed by atoms with Crippen LogP contribution in [0.2, 0.25) is 0 Å². The molecule has 1 fully saturated rings. The fourth-order valence-corrected chi connectivity index (χ4v) is 5.33. The van der Waals surface area contributed by atoms with Crippen LogP contribution in [0.4, 0.5) is 11.4 Å². The fraction of sp³-hybridized carbons (Fsp3) is 0.0952. The van der Waals surface area contributed by atoms with Crippen molar-refractivity contribution in [3.8, 4) is 0 Å². The molecule has 1 saturated heterocycles. The van der Waals surface area contributed by atoms with E-state index in [1.54, 1.807) is 59.1 Å². The number of hydrogen-bond donors (Lipinski definition) is 1. The van der Waals surface area contributed by atoms with Gasteiger partial charge in [0.05, 0.1) is 10.6 Å². The van der Waals surface area contributed by atoms with E-state index in [1.165, 1.54) is 0 Å². The van der Waals surface area contributed by atoms with Crippen molar-refractivity contribution in [3.05, 3.63) is 90.5 Å². The Labute approximate surface area is 168 Å². The van der Waals surface area contributed by atoms with Crippen LogP contribution in [0.15, 0.2) is 89.8 Å². The third kappa shape index (κ3) is 3.76. The van der Waals surface area contributed by atoms with Crippen LogP contribution in [0.5, 0.6) is 0 Å². The zero-order chi connectivity index (χ0) is 19.6. The maximum absolute atomic E-state index is 12.5. The summed E-state index contributed by atoms with van der Waals surface area (Å²) in [4.78, 5) is 14.4. The molecular formula is C21H18N2O3S2.